The second-order valence-corrected chi connectivity index (χ2v) is 3.71. The van der Waals surface area contributed by atoms with Crippen molar-refractivity contribution < 1.29 is 14.7 Å². The fraction of sp³-hybridized carbons (Fsp3) is 0.250. The van der Waals surface area contributed by atoms with Gasteiger partial charge in [-0.05, 0) is 11.4 Å². The normalized spacial score (nSPS) is 9.57. The number of carbonyl (C=O) groups excluding carboxylic acids is 1. The van der Waals surface area contributed by atoms with Gasteiger partial charge in [-0.2, -0.15) is 0 Å². The Morgan fingerprint density at radius 3 is 2.64 bits per heavy atom. The number of thiophene rings is 1. The van der Waals surface area contributed by atoms with Gasteiger partial charge in [-0.15, -0.1) is 11.3 Å². The first-order valence-corrected chi connectivity index (χ1v) is 4.69. The highest BCUT2D eigenvalue weighted by Gasteiger charge is 2.14. The molecule has 5 nitrogen and oxygen atoms in total. The second kappa shape index (κ2) is 4.10. The molecule has 1 rings (SSSR count). The van der Waals surface area contributed by atoms with Crippen molar-refractivity contribution in [2.75, 3.05) is 19.4 Å². The van der Waals surface area contributed by atoms with E-state index >= 15 is 0 Å². The smallest absolute Gasteiger partial charge is 0.338 e. The van der Waals surface area contributed by atoms with E-state index in [0.29, 0.717) is 5.00 Å². The molecule has 76 valence electrons. The molecule has 0 unspecified atom stereocenters. The molecule has 1 aromatic heterocycles. The van der Waals surface area contributed by atoms with Gasteiger partial charge in [0.1, 0.15) is 5.00 Å². The molecule has 0 aromatic carbocycles. The zero-order valence-corrected chi connectivity index (χ0v) is 8.59. The van der Waals surface area contributed by atoms with Crippen molar-refractivity contribution in [1.82, 2.24) is 4.90 Å². The van der Waals surface area contributed by atoms with Crippen molar-refractivity contribution >= 4 is 28.3 Å². The Morgan fingerprint density at radius 1 is 1.50 bits per heavy atom. The van der Waals surface area contributed by atoms with Crippen LogP contribution in [0.4, 0.5) is 9.80 Å². The predicted molar refractivity (Wildman–Crippen MR) is 54.0 cm³/mol. The molecule has 0 aliphatic heterocycles. The average molecular weight is 214 g/mol. The molecule has 0 aliphatic carbocycles. The van der Waals surface area contributed by atoms with Crippen LogP contribution in [0, 0.1) is 0 Å². The summed E-state index contributed by atoms with van der Waals surface area (Å²) in [6.45, 7) is 0. The first-order chi connectivity index (χ1) is 6.52. The first-order valence-electron chi connectivity index (χ1n) is 3.81. The molecule has 0 radical (unpaired) electrons. The lowest BCUT2D eigenvalue weighted by molar-refractivity contribution is 0.0698. The highest BCUT2D eigenvalue weighted by molar-refractivity contribution is 7.14. The number of anilines is 1. The van der Waals surface area contributed by atoms with E-state index in [1.54, 1.807) is 19.5 Å². The molecular formula is C8H10N2O3S. The Bertz CT molecular complexity index is 359. The van der Waals surface area contributed by atoms with Gasteiger partial charge in [0, 0.05) is 14.1 Å². The summed E-state index contributed by atoms with van der Waals surface area (Å²) < 4.78 is 0. The van der Waals surface area contributed by atoms with Gasteiger partial charge in [-0.1, -0.05) is 0 Å². The third-order valence-corrected chi connectivity index (χ3v) is 2.35. The first kappa shape index (κ1) is 10.5. The minimum atomic E-state index is -1.04. The van der Waals surface area contributed by atoms with Crippen LogP contribution in [0.5, 0.6) is 0 Å². The molecule has 0 saturated heterocycles. The van der Waals surface area contributed by atoms with Crippen LogP contribution in [0.2, 0.25) is 0 Å². The summed E-state index contributed by atoms with van der Waals surface area (Å²) in [7, 11) is 3.17. The molecule has 0 fully saturated rings. The quantitative estimate of drug-likeness (QED) is 0.784. The van der Waals surface area contributed by atoms with Gasteiger partial charge in [0.15, 0.2) is 0 Å². The summed E-state index contributed by atoms with van der Waals surface area (Å²) in [6, 6.07) is 1.12. The third kappa shape index (κ3) is 2.23. The van der Waals surface area contributed by atoms with Crippen LogP contribution in [0.1, 0.15) is 10.4 Å². The Kier molecular flexibility index (Phi) is 3.08. The lowest BCUT2D eigenvalue weighted by Crippen LogP contribution is -2.27. The lowest BCUT2D eigenvalue weighted by Gasteiger charge is -2.10. The molecule has 0 spiro atoms. The van der Waals surface area contributed by atoms with Gasteiger partial charge < -0.3 is 10.0 Å². The highest BCUT2D eigenvalue weighted by atomic mass is 32.1. The summed E-state index contributed by atoms with van der Waals surface area (Å²) in [5.41, 5.74) is 0.116. The number of carboxylic acids is 1. The van der Waals surface area contributed by atoms with Crippen molar-refractivity contribution in [2.24, 2.45) is 0 Å². The third-order valence-electron chi connectivity index (χ3n) is 1.52. The number of nitrogens with zero attached hydrogens (tertiary/aromatic N) is 1. The van der Waals surface area contributed by atoms with Crippen molar-refractivity contribution in [3.63, 3.8) is 0 Å². The van der Waals surface area contributed by atoms with E-state index in [9.17, 15) is 9.59 Å². The van der Waals surface area contributed by atoms with E-state index in [1.807, 2.05) is 0 Å². The minimum absolute atomic E-state index is 0.116. The van der Waals surface area contributed by atoms with Gasteiger partial charge in [0.2, 0.25) is 0 Å². The number of amides is 2. The summed E-state index contributed by atoms with van der Waals surface area (Å²) in [4.78, 5) is 23.2. The minimum Gasteiger partial charge on any atom is -0.478 e. The molecule has 0 bridgehead atoms. The maximum atomic E-state index is 11.2. The largest absolute Gasteiger partial charge is 0.478 e. The van der Waals surface area contributed by atoms with Crippen LogP contribution >= 0.6 is 11.3 Å². The Morgan fingerprint density at radius 2 is 2.14 bits per heavy atom. The monoisotopic (exact) mass is 214 g/mol. The molecule has 2 N–H and O–H groups in total. The molecule has 6 heteroatoms. The SMILES string of the molecule is CN(C)C(=O)Nc1sccc1C(=O)O. The zero-order valence-electron chi connectivity index (χ0n) is 7.77. The van der Waals surface area contributed by atoms with E-state index in [4.69, 9.17) is 5.11 Å². The van der Waals surface area contributed by atoms with Crippen LogP contribution in [0.3, 0.4) is 0 Å². The number of nitrogens with one attached hydrogen (secondary N) is 1. The molecule has 0 aliphatic rings. The number of aromatic carboxylic acids is 1. The van der Waals surface area contributed by atoms with Gasteiger partial charge >= 0.3 is 12.0 Å². The predicted octanol–water partition coefficient (Wildman–Crippen LogP) is 1.54. The van der Waals surface area contributed by atoms with E-state index in [-0.39, 0.29) is 11.6 Å². The standard InChI is InChI=1S/C8H10N2O3S/c1-10(2)8(13)9-6-5(7(11)12)3-4-14-6/h3-4H,1-2H3,(H,9,13)(H,11,12). The van der Waals surface area contributed by atoms with Gasteiger partial charge in [-0.3, -0.25) is 5.32 Å². The Labute approximate surface area is 85.0 Å². The zero-order chi connectivity index (χ0) is 10.7. The van der Waals surface area contributed by atoms with E-state index in [1.165, 1.54) is 22.3 Å². The van der Waals surface area contributed by atoms with Gasteiger partial charge in [0.05, 0.1) is 5.56 Å². The summed E-state index contributed by atoms with van der Waals surface area (Å²) >= 11 is 1.18. The number of carbonyl (C=O) groups is 2. The summed E-state index contributed by atoms with van der Waals surface area (Å²) in [6.07, 6.45) is 0. The van der Waals surface area contributed by atoms with Gasteiger partial charge in [-0.25, -0.2) is 9.59 Å². The van der Waals surface area contributed by atoms with Crippen molar-refractivity contribution in [3.8, 4) is 0 Å². The van der Waals surface area contributed by atoms with E-state index in [2.05, 4.69) is 5.32 Å². The number of hydrogen-bond donors (Lipinski definition) is 2. The van der Waals surface area contributed by atoms with Crippen LogP contribution in [-0.2, 0) is 0 Å². The maximum absolute atomic E-state index is 11.2. The van der Waals surface area contributed by atoms with E-state index < -0.39 is 5.97 Å². The number of carboxylic acid groups (broad SMARTS) is 1. The summed E-state index contributed by atoms with van der Waals surface area (Å²) in [5.74, 6) is -1.04. The Balaban J connectivity index is 2.82. The molecule has 1 heterocycles. The maximum Gasteiger partial charge on any atom is 0.338 e. The molecular weight excluding hydrogens is 204 g/mol. The number of urea groups is 1. The lowest BCUT2D eigenvalue weighted by atomic mass is 10.3. The Hall–Kier alpha value is -1.56. The van der Waals surface area contributed by atoms with Crippen molar-refractivity contribution in [2.45, 2.75) is 0 Å². The van der Waals surface area contributed by atoms with Crippen LogP contribution in [0.15, 0.2) is 11.4 Å². The highest BCUT2D eigenvalue weighted by Crippen LogP contribution is 2.23. The van der Waals surface area contributed by atoms with Crippen LogP contribution < -0.4 is 5.32 Å². The molecule has 0 atom stereocenters. The fourth-order valence-electron chi connectivity index (χ4n) is 0.783. The average Bonchev–Trinajstić information content (AvgIpc) is 2.52. The molecule has 0 saturated carbocycles. The number of rotatable bonds is 2. The molecule has 14 heavy (non-hydrogen) atoms. The van der Waals surface area contributed by atoms with Crippen LogP contribution in [-0.4, -0.2) is 36.1 Å². The topological polar surface area (TPSA) is 69.6 Å². The number of hydrogen-bond acceptors (Lipinski definition) is 3. The summed E-state index contributed by atoms with van der Waals surface area (Å²) in [5, 5.41) is 13.2. The fourth-order valence-corrected chi connectivity index (χ4v) is 1.55. The molecule has 1 aromatic rings. The van der Waals surface area contributed by atoms with Gasteiger partial charge in [0.25, 0.3) is 0 Å². The van der Waals surface area contributed by atoms with Crippen molar-refractivity contribution in [1.29, 1.82) is 0 Å². The molecule has 2 amide bonds. The van der Waals surface area contributed by atoms with Crippen molar-refractivity contribution in [3.05, 3.63) is 17.0 Å². The second-order valence-electron chi connectivity index (χ2n) is 2.79. The van der Waals surface area contributed by atoms with Crippen LogP contribution in [0.25, 0.3) is 0 Å². The van der Waals surface area contributed by atoms with E-state index in [0.717, 1.165) is 0 Å².